The smallest absolute Gasteiger partial charge is 0.226 e. The second kappa shape index (κ2) is 10.6. The average molecular weight is 591 g/mol. The molecule has 0 radical (unpaired) electrons. The van der Waals surface area contributed by atoms with Crippen molar-refractivity contribution < 1.29 is 19.4 Å². The summed E-state index contributed by atoms with van der Waals surface area (Å²) < 4.78 is 12.1. The molecule has 45 heavy (non-hydrogen) atoms. The van der Waals surface area contributed by atoms with E-state index in [1.54, 1.807) is 24.8 Å². The van der Waals surface area contributed by atoms with Gasteiger partial charge in [0.05, 0.1) is 58.9 Å². The number of benzene rings is 4. The lowest BCUT2D eigenvalue weighted by molar-refractivity contribution is 0.103. The maximum Gasteiger partial charge on any atom is 0.226 e. The van der Waals surface area contributed by atoms with Crippen molar-refractivity contribution in [1.82, 2.24) is 19.9 Å². The van der Waals surface area contributed by atoms with Gasteiger partial charge in [-0.05, 0) is 48.5 Å². The standard InChI is InChI=1S/C35H22N6O4/c42-28(34-36-18-22(19-37-34)40-24-9-1-5-13-30(24)44-31-14-6-2-10-25(31)40)17-29(43)35-38-20-23(21-39-35)41-26-11-3-7-15-32(26)45-33-16-8-4-12-27(33)41/h1-21,42H. The predicted octanol–water partition coefficient (Wildman–Crippen LogP) is 8.20. The zero-order chi connectivity index (χ0) is 30.3. The Labute approximate surface area is 257 Å². The van der Waals surface area contributed by atoms with E-state index in [-0.39, 0.29) is 11.6 Å². The van der Waals surface area contributed by atoms with Crippen LogP contribution in [0.1, 0.15) is 16.4 Å². The Hall–Kier alpha value is -6.55. The third kappa shape index (κ3) is 4.57. The van der Waals surface area contributed by atoms with Crippen LogP contribution >= 0.6 is 0 Å². The molecule has 0 amide bonds. The highest BCUT2D eigenvalue weighted by Crippen LogP contribution is 2.51. The van der Waals surface area contributed by atoms with Gasteiger partial charge in [0.2, 0.25) is 11.6 Å². The molecule has 8 rings (SSSR count). The Morgan fingerprint density at radius 3 is 1.24 bits per heavy atom. The predicted molar refractivity (Wildman–Crippen MR) is 169 cm³/mol. The SMILES string of the molecule is O=C(C=C(O)c1ncc(N2c3ccccc3Oc3ccccc32)cn1)c1ncc(N2c3ccccc3Oc3ccccc32)cn1. The average Bonchev–Trinajstić information content (AvgIpc) is 3.09. The van der Waals surface area contributed by atoms with Crippen molar-refractivity contribution in [2.75, 3.05) is 9.80 Å². The number of ether oxygens (including phenoxy) is 2. The van der Waals surface area contributed by atoms with Crippen molar-refractivity contribution in [3.63, 3.8) is 0 Å². The number of para-hydroxylation sites is 8. The summed E-state index contributed by atoms with van der Waals surface area (Å²) >= 11 is 0. The summed E-state index contributed by atoms with van der Waals surface area (Å²) in [5.41, 5.74) is 4.60. The molecule has 0 saturated heterocycles. The molecule has 0 bridgehead atoms. The first kappa shape index (κ1) is 26.1. The molecule has 0 unspecified atom stereocenters. The molecule has 0 fully saturated rings. The van der Waals surface area contributed by atoms with Gasteiger partial charge >= 0.3 is 0 Å². The number of fused-ring (bicyclic) bond motifs is 4. The second-order valence-electron chi connectivity index (χ2n) is 10.2. The molecule has 216 valence electrons. The fourth-order valence-corrected chi connectivity index (χ4v) is 5.35. The van der Waals surface area contributed by atoms with E-state index in [0.29, 0.717) is 34.4 Å². The fraction of sp³-hybridized carbons (Fsp3) is 0. The Balaban J connectivity index is 1.05. The Morgan fingerprint density at radius 2 is 0.867 bits per heavy atom. The molecule has 1 N–H and O–H groups in total. The molecule has 0 aliphatic carbocycles. The number of aromatic nitrogens is 4. The van der Waals surface area contributed by atoms with Gasteiger partial charge in [0, 0.05) is 6.08 Å². The van der Waals surface area contributed by atoms with Crippen molar-refractivity contribution >= 4 is 45.7 Å². The zero-order valence-corrected chi connectivity index (χ0v) is 23.5. The van der Waals surface area contributed by atoms with Gasteiger partial charge in [-0.3, -0.25) is 4.79 Å². The number of hydrogen-bond acceptors (Lipinski definition) is 10. The minimum absolute atomic E-state index is 0.0138. The number of anilines is 6. The first-order valence-corrected chi connectivity index (χ1v) is 14.1. The molecule has 10 heteroatoms. The fourth-order valence-electron chi connectivity index (χ4n) is 5.35. The molecular weight excluding hydrogens is 568 g/mol. The van der Waals surface area contributed by atoms with Crippen molar-refractivity contribution in [3.05, 3.63) is 140 Å². The van der Waals surface area contributed by atoms with Crippen molar-refractivity contribution in [1.29, 1.82) is 0 Å². The lowest BCUT2D eigenvalue weighted by Crippen LogP contribution is -2.17. The van der Waals surface area contributed by atoms with Crippen LogP contribution in [-0.2, 0) is 0 Å². The van der Waals surface area contributed by atoms with Crippen LogP contribution in [0, 0.1) is 0 Å². The van der Waals surface area contributed by atoms with E-state index in [0.717, 1.165) is 28.8 Å². The van der Waals surface area contributed by atoms with Crippen LogP contribution in [0.5, 0.6) is 23.0 Å². The number of nitrogens with zero attached hydrogens (tertiary/aromatic N) is 6. The Morgan fingerprint density at radius 1 is 0.533 bits per heavy atom. The van der Waals surface area contributed by atoms with Crippen LogP contribution in [0.25, 0.3) is 5.76 Å². The van der Waals surface area contributed by atoms with Gasteiger partial charge in [-0.15, -0.1) is 0 Å². The van der Waals surface area contributed by atoms with E-state index in [2.05, 4.69) is 19.9 Å². The minimum atomic E-state index is -0.592. The van der Waals surface area contributed by atoms with Gasteiger partial charge in [0.15, 0.2) is 34.6 Å². The molecule has 2 aromatic heterocycles. The Kier molecular flexibility index (Phi) is 6.16. The summed E-state index contributed by atoms with van der Waals surface area (Å²) in [6, 6.07) is 30.6. The maximum atomic E-state index is 13.0. The Bertz CT molecular complexity index is 2020. The van der Waals surface area contributed by atoms with Crippen LogP contribution in [-0.4, -0.2) is 30.8 Å². The normalized spacial score (nSPS) is 13.0. The minimum Gasteiger partial charge on any atom is -0.504 e. The second-order valence-corrected chi connectivity index (χ2v) is 10.2. The van der Waals surface area contributed by atoms with Crippen LogP contribution < -0.4 is 19.3 Å². The molecule has 4 aromatic carbocycles. The molecular formula is C35H22N6O4. The summed E-state index contributed by atoms with van der Waals surface area (Å²) in [4.78, 5) is 34.3. The number of carbonyl (C=O) groups excluding carboxylic acids is 1. The monoisotopic (exact) mass is 590 g/mol. The number of allylic oxidation sites excluding steroid dienone is 1. The van der Waals surface area contributed by atoms with Crippen LogP contribution in [0.4, 0.5) is 34.1 Å². The highest BCUT2D eigenvalue weighted by atomic mass is 16.5. The first-order chi connectivity index (χ1) is 22.1. The quantitative estimate of drug-likeness (QED) is 0.119. The zero-order valence-electron chi connectivity index (χ0n) is 23.5. The molecule has 0 atom stereocenters. The van der Waals surface area contributed by atoms with E-state index < -0.39 is 11.5 Å². The van der Waals surface area contributed by atoms with Crippen LogP contribution in [0.3, 0.4) is 0 Å². The summed E-state index contributed by atoms with van der Waals surface area (Å²) in [6.45, 7) is 0. The molecule has 4 heterocycles. The van der Waals surface area contributed by atoms with Gasteiger partial charge in [0.25, 0.3) is 0 Å². The lowest BCUT2D eigenvalue weighted by Gasteiger charge is -2.32. The van der Waals surface area contributed by atoms with Crippen molar-refractivity contribution in [2.24, 2.45) is 0 Å². The highest BCUT2D eigenvalue weighted by Gasteiger charge is 2.27. The number of hydrogen-bond donors (Lipinski definition) is 1. The molecule has 0 saturated carbocycles. The van der Waals surface area contributed by atoms with Crippen LogP contribution in [0.2, 0.25) is 0 Å². The molecule has 2 aliphatic heterocycles. The van der Waals surface area contributed by atoms with Gasteiger partial charge in [0.1, 0.15) is 0 Å². The van der Waals surface area contributed by atoms with E-state index in [1.165, 1.54) is 0 Å². The van der Waals surface area contributed by atoms with E-state index in [9.17, 15) is 9.90 Å². The number of rotatable bonds is 5. The highest BCUT2D eigenvalue weighted by molar-refractivity contribution is 6.05. The molecule has 6 aromatic rings. The summed E-state index contributed by atoms with van der Waals surface area (Å²) in [5, 5.41) is 10.7. The summed E-state index contributed by atoms with van der Waals surface area (Å²) in [7, 11) is 0. The van der Waals surface area contributed by atoms with Gasteiger partial charge < -0.3 is 24.4 Å². The van der Waals surface area contributed by atoms with Crippen LogP contribution in [0.15, 0.2) is 128 Å². The first-order valence-electron chi connectivity index (χ1n) is 14.1. The maximum absolute atomic E-state index is 13.0. The summed E-state index contributed by atoms with van der Waals surface area (Å²) in [5.74, 6) is 1.68. The van der Waals surface area contributed by atoms with E-state index >= 15 is 0 Å². The number of ketones is 1. The largest absolute Gasteiger partial charge is 0.504 e. The van der Waals surface area contributed by atoms with Gasteiger partial charge in [-0.1, -0.05) is 48.5 Å². The number of aliphatic hydroxyl groups excluding tert-OH is 1. The third-order valence-corrected chi connectivity index (χ3v) is 7.37. The molecule has 0 spiro atoms. The topological polar surface area (TPSA) is 114 Å². The van der Waals surface area contributed by atoms with Crippen molar-refractivity contribution in [2.45, 2.75) is 0 Å². The van der Waals surface area contributed by atoms with E-state index in [4.69, 9.17) is 9.47 Å². The van der Waals surface area contributed by atoms with E-state index in [1.807, 2.05) is 107 Å². The molecule has 10 nitrogen and oxygen atoms in total. The number of carbonyl (C=O) groups is 1. The third-order valence-electron chi connectivity index (χ3n) is 7.37. The number of aliphatic hydroxyl groups is 1. The molecule has 2 aliphatic rings. The van der Waals surface area contributed by atoms with Crippen molar-refractivity contribution in [3.8, 4) is 23.0 Å². The van der Waals surface area contributed by atoms with Gasteiger partial charge in [-0.25, -0.2) is 19.9 Å². The van der Waals surface area contributed by atoms with Gasteiger partial charge in [-0.2, -0.15) is 0 Å². The lowest BCUT2D eigenvalue weighted by atomic mass is 10.1. The summed E-state index contributed by atoms with van der Waals surface area (Å²) in [6.07, 6.45) is 7.31.